The van der Waals surface area contributed by atoms with Crippen LogP contribution < -0.4 is 14.2 Å². The van der Waals surface area contributed by atoms with E-state index in [4.69, 9.17) is 14.2 Å². The Hall–Kier alpha value is -4.58. The number of esters is 1. The van der Waals surface area contributed by atoms with Gasteiger partial charge in [-0.05, 0) is 42.0 Å². The molecular weight excluding hydrogens is 408 g/mol. The van der Waals surface area contributed by atoms with Crippen molar-refractivity contribution in [2.45, 2.75) is 0 Å². The van der Waals surface area contributed by atoms with Gasteiger partial charge >= 0.3 is 12.1 Å². The molecule has 0 bridgehead atoms. The Kier molecular flexibility index (Phi) is 6.13. The zero-order valence-electron chi connectivity index (χ0n) is 16.8. The Bertz CT molecular complexity index is 1250. The lowest BCUT2D eigenvalue weighted by atomic mass is 9.99. The molecule has 0 fully saturated rings. The topological polar surface area (TPSA) is 82.1 Å². The molecule has 4 rings (SSSR count). The Morgan fingerprint density at radius 2 is 1.12 bits per heavy atom. The third-order valence-corrected chi connectivity index (χ3v) is 4.53. The summed E-state index contributed by atoms with van der Waals surface area (Å²) in [6, 6.07) is 28.4. The van der Waals surface area contributed by atoms with Gasteiger partial charge in [-0.3, -0.25) is 0 Å². The van der Waals surface area contributed by atoms with Crippen LogP contribution in [-0.4, -0.2) is 17.2 Å². The van der Waals surface area contributed by atoms with Crippen LogP contribution in [0.25, 0.3) is 11.1 Å². The fraction of sp³-hybridized carbons (Fsp3) is 0. The predicted octanol–water partition coefficient (Wildman–Crippen LogP) is 5.86. The highest BCUT2D eigenvalue weighted by molar-refractivity contribution is 5.99. The van der Waals surface area contributed by atoms with Crippen LogP contribution in [0.3, 0.4) is 0 Å². The minimum atomic E-state index is -1.02. The summed E-state index contributed by atoms with van der Waals surface area (Å²) in [6.07, 6.45) is -1.02. The van der Waals surface area contributed by atoms with Crippen LogP contribution in [0, 0.1) is 0 Å². The average Bonchev–Trinajstić information content (AvgIpc) is 2.81. The van der Waals surface area contributed by atoms with Crippen LogP contribution in [0.1, 0.15) is 10.4 Å². The zero-order chi connectivity index (χ0) is 22.3. The molecule has 0 unspecified atom stereocenters. The smallest absolute Gasteiger partial charge is 0.504 e. The molecule has 0 aliphatic carbocycles. The number of rotatable bonds is 5. The Morgan fingerprint density at radius 1 is 0.562 bits per heavy atom. The van der Waals surface area contributed by atoms with Crippen molar-refractivity contribution in [3.8, 4) is 34.1 Å². The Morgan fingerprint density at radius 3 is 1.88 bits per heavy atom. The lowest BCUT2D eigenvalue weighted by molar-refractivity contribution is 0.0735. The van der Waals surface area contributed by atoms with Gasteiger partial charge in [0.1, 0.15) is 11.5 Å². The normalized spacial score (nSPS) is 10.2. The molecule has 4 aromatic carbocycles. The third kappa shape index (κ3) is 4.76. The standard InChI is InChI=1S/C26H18O6/c27-22-15-7-9-17-24(22)32-26(29)31-23-16-8-6-13-20(23)19-12-4-5-14-21(19)25(28)30-18-10-2-1-3-11-18/h1-17,27H. The number of phenols is 1. The number of ether oxygens (including phenoxy) is 3. The summed E-state index contributed by atoms with van der Waals surface area (Å²) in [5.41, 5.74) is 1.34. The molecule has 0 aromatic heterocycles. The summed E-state index contributed by atoms with van der Waals surface area (Å²) in [5, 5.41) is 9.79. The second-order valence-corrected chi connectivity index (χ2v) is 6.67. The van der Waals surface area contributed by atoms with Gasteiger partial charge in [-0.1, -0.05) is 66.7 Å². The largest absolute Gasteiger partial charge is 0.519 e. The second-order valence-electron chi connectivity index (χ2n) is 6.67. The maximum Gasteiger partial charge on any atom is 0.519 e. The molecular formula is C26H18O6. The van der Waals surface area contributed by atoms with Crippen molar-refractivity contribution in [3.05, 3.63) is 109 Å². The van der Waals surface area contributed by atoms with Gasteiger partial charge in [0.15, 0.2) is 11.5 Å². The van der Waals surface area contributed by atoms with Crippen LogP contribution in [0.2, 0.25) is 0 Å². The van der Waals surface area contributed by atoms with E-state index in [-0.39, 0.29) is 17.2 Å². The maximum absolute atomic E-state index is 12.8. The summed E-state index contributed by atoms with van der Waals surface area (Å²) in [6.45, 7) is 0. The van der Waals surface area contributed by atoms with Crippen molar-refractivity contribution in [2.75, 3.05) is 0 Å². The first-order valence-corrected chi connectivity index (χ1v) is 9.75. The highest BCUT2D eigenvalue weighted by atomic mass is 16.7. The fourth-order valence-electron chi connectivity index (χ4n) is 3.07. The Balaban J connectivity index is 1.61. The van der Waals surface area contributed by atoms with E-state index in [1.54, 1.807) is 84.9 Å². The second kappa shape index (κ2) is 9.49. The molecule has 0 atom stereocenters. The Labute approximate surface area is 184 Å². The van der Waals surface area contributed by atoms with Gasteiger partial charge in [0.05, 0.1) is 5.56 Å². The number of carbonyl (C=O) groups is 2. The summed E-state index contributed by atoms with van der Waals surface area (Å²) in [4.78, 5) is 25.2. The number of aromatic hydroxyl groups is 1. The summed E-state index contributed by atoms with van der Waals surface area (Å²) < 4.78 is 16.0. The number of para-hydroxylation sites is 4. The lowest BCUT2D eigenvalue weighted by Gasteiger charge is -2.13. The van der Waals surface area contributed by atoms with E-state index in [1.807, 2.05) is 6.07 Å². The number of phenolic OH excluding ortho intramolecular Hbond substituents is 1. The van der Waals surface area contributed by atoms with Crippen molar-refractivity contribution < 1.29 is 28.9 Å². The number of hydrogen-bond acceptors (Lipinski definition) is 6. The molecule has 6 heteroatoms. The van der Waals surface area contributed by atoms with E-state index >= 15 is 0 Å². The lowest BCUT2D eigenvalue weighted by Crippen LogP contribution is -2.15. The molecule has 1 N–H and O–H groups in total. The minimum absolute atomic E-state index is 0.0261. The molecule has 0 saturated heterocycles. The van der Waals surface area contributed by atoms with Crippen molar-refractivity contribution in [1.82, 2.24) is 0 Å². The van der Waals surface area contributed by atoms with Gasteiger partial charge < -0.3 is 19.3 Å². The fourth-order valence-corrected chi connectivity index (χ4v) is 3.07. The molecule has 0 heterocycles. The third-order valence-electron chi connectivity index (χ3n) is 4.53. The predicted molar refractivity (Wildman–Crippen MR) is 118 cm³/mol. The van der Waals surface area contributed by atoms with Crippen LogP contribution in [0.4, 0.5) is 4.79 Å². The van der Waals surface area contributed by atoms with E-state index in [0.717, 1.165) is 0 Å². The molecule has 4 aromatic rings. The van der Waals surface area contributed by atoms with E-state index in [9.17, 15) is 14.7 Å². The van der Waals surface area contributed by atoms with Gasteiger partial charge in [-0.25, -0.2) is 9.59 Å². The first-order valence-electron chi connectivity index (χ1n) is 9.75. The first-order chi connectivity index (χ1) is 15.6. The quantitative estimate of drug-likeness (QED) is 0.245. The van der Waals surface area contributed by atoms with Gasteiger partial charge in [0.25, 0.3) is 0 Å². The summed E-state index contributed by atoms with van der Waals surface area (Å²) >= 11 is 0. The number of hydrogen-bond donors (Lipinski definition) is 1. The molecule has 0 aliphatic rings. The van der Waals surface area contributed by atoms with Crippen LogP contribution in [0.15, 0.2) is 103 Å². The highest BCUT2D eigenvalue weighted by Gasteiger charge is 2.19. The minimum Gasteiger partial charge on any atom is -0.504 e. The van der Waals surface area contributed by atoms with Crippen LogP contribution >= 0.6 is 0 Å². The molecule has 32 heavy (non-hydrogen) atoms. The van der Waals surface area contributed by atoms with E-state index < -0.39 is 12.1 Å². The molecule has 0 saturated carbocycles. The SMILES string of the molecule is O=C(Oc1ccccc1O)Oc1ccccc1-c1ccccc1C(=O)Oc1ccccc1. The van der Waals surface area contributed by atoms with Crippen molar-refractivity contribution in [3.63, 3.8) is 0 Å². The average molecular weight is 426 g/mol. The van der Waals surface area contributed by atoms with Gasteiger partial charge in [-0.15, -0.1) is 0 Å². The van der Waals surface area contributed by atoms with E-state index in [2.05, 4.69) is 0 Å². The number of carbonyl (C=O) groups excluding carboxylic acids is 2. The van der Waals surface area contributed by atoms with Gasteiger partial charge in [-0.2, -0.15) is 0 Å². The van der Waals surface area contributed by atoms with E-state index in [0.29, 0.717) is 22.4 Å². The molecule has 0 aliphatic heterocycles. The van der Waals surface area contributed by atoms with Gasteiger partial charge in [0.2, 0.25) is 0 Å². The van der Waals surface area contributed by atoms with Gasteiger partial charge in [0, 0.05) is 5.56 Å². The highest BCUT2D eigenvalue weighted by Crippen LogP contribution is 2.33. The van der Waals surface area contributed by atoms with Crippen LogP contribution in [0.5, 0.6) is 23.0 Å². The molecule has 158 valence electrons. The van der Waals surface area contributed by atoms with Crippen molar-refractivity contribution in [1.29, 1.82) is 0 Å². The molecule has 0 amide bonds. The zero-order valence-corrected chi connectivity index (χ0v) is 16.8. The summed E-state index contributed by atoms with van der Waals surface area (Å²) in [5.74, 6) is -0.150. The molecule has 6 nitrogen and oxygen atoms in total. The van der Waals surface area contributed by atoms with Crippen LogP contribution in [-0.2, 0) is 0 Å². The summed E-state index contributed by atoms with van der Waals surface area (Å²) in [7, 11) is 0. The number of benzene rings is 4. The maximum atomic E-state index is 12.8. The molecule has 0 spiro atoms. The monoisotopic (exact) mass is 426 g/mol. The first kappa shape index (κ1) is 20.7. The van der Waals surface area contributed by atoms with Crippen molar-refractivity contribution in [2.24, 2.45) is 0 Å². The van der Waals surface area contributed by atoms with E-state index in [1.165, 1.54) is 12.1 Å². The van der Waals surface area contributed by atoms with Crippen molar-refractivity contribution >= 4 is 12.1 Å². The molecule has 0 radical (unpaired) electrons.